The Morgan fingerprint density at radius 2 is 1.57 bits per heavy atom. The van der Waals surface area contributed by atoms with Crippen molar-refractivity contribution in [3.8, 4) is 0 Å². The molecule has 1 aliphatic rings. The van der Waals surface area contributed by atoms with Crippen molar-refractivity contribution in [1.29, 1.82) is 0 Å². The third-order valence-electron chi connectivity index (χ3n) is 4.67. The van der Waals surface area contributed by atoms with E-state index in [0.717, 1.165) is 9.87 Å². The average molecular weight is 428 g/mol. The van der Waals surface area contributed by atoms with E-state index >= 15 is 0 Å². The number of rotatable bonds is 7. The number of hydrogen-bond acceptors (Lipinski definition) is 6. The largest absolute Gasteiger partial charge is 0.447 e. The van der Waals surface area contributed by atoms with E-state index in [0.29, 0.717) is 38.5 Å². The first-order valence-corrected chi connectivity index (χ1v) is 12.0. The van der Waals surface area contributed by atoms with Crippen molar-refractivity contribution >= 4 is 20.0 Å². The second-order valence-electron chi connectivity index (χ2n) is 6.93. The van der Waals surface area contributed by atoms with E-state index in [1.807, 2.05) is 30.3 Å². The second kappa shape index (κ2) is 8.34. The van der Waals surface area contributed by atoms with E-state index in [4.69, 9.17) is 4.42 Å². The molecule has 0 radical (unpaired) electrons. The lowest BCUT2D eigenvalue weighted by atomic mass is 10.2. The van der Waals surface area contributed by atoms with Gasteiger partial charge in [0.1, 0.15) is 5.76 Å². The van der Waals surface area contributed by atoms with Gasteiger partial charge in [0.15, 0.2) is 0 Å². The lowest BCUT2D eigenvalue weighted by molar-refractivity contribution is 0.168. The molecule has 0 saturated carbocycles. The summed E-state index contributed by atoms with van der Waals surface area (Å²) in [6.45, 7) is 2.36. The molecule has 2 aromatic rings. The lowest BCUT2D eigenvalue weighted by Crippen LogP contribution is -2.48. The van der Waals surface area contributed by atoms with Crippen molar-refractivity contribution < 1.29 is 21.3 Å². The standard InChI is InChI=1S/C18H25N3O5S2/c1-19(2)28(24,25)18-9-8-17(26-18)14-20-10-12-21(13-11-20)27(22,23)15-16-6-4-3-5-7-16/h3-9H,10-15H2,1-2H3. The number of piperazine rings is 1. The Morgan fingerprint density at radius 1 is 0.929 bits per heavy atom. The summed E-state index contributed by atoms with van der Waals surface area (Å²) in [4.78, 5) is 2.05. The van der Waals surface area contributed by atoms with Gasteiger partial charge >= 0.3 is 0 Å². The molecule has 0 amide bonds. The molecule has 10 heteroatoms. The van der Waals surface area contributed by atoms with Gasteiger partial charge in [-0.25, -0.2) is 21.1 Å². The summed E-state index contributed by atoms with van der Waals surface area (Å²) in [6, 6.07) is 12.2. The summed E-state index contributed by atoms with van der Waals surface area (Å²) < 4.78 is 57.5. The molecular formula is C18H25N3O5S2. The topological polar surface area (TPSA) is 91.1 Å². The van der Waals surface area contributed by atoms with E-state index in [1.165, 1.54) is 24.5 Å². The van der Waals surface area contributed by atoms with Crippen molar-refractivity contribution in [3.05, 3.63) is 53.8 Å². The zero-order valence-electron chi connectivity index (χ0n) is 16.0. The minimum atomic E-state index is -3.59. The van der Waals surface area contributed by atoms with Crippen LogP contribution in [0.25, 0.3) is 0 Å². The predicted molar refractivity (Wildman–Crippen MR) is 105 cm³/mol. The zero-order valence-corrected chi connectivity index (χ0v) is 17.6. The molecule has 2 heterocycles. The zero-order chi connectivity index (χ0) is 20.4. The maximum absolute atomic E-state index is 12.6. The van der Waals surface area contributed by atoms with Crippen molar-refractivity contribution in [2.24, 2.45) is 0 Å². The van der Waals surface area contributed by atoms with Crippen LogP contribution in [0.3, 0.4) is 0 Å². The molecule has 0 aliphatic carbocycles. The van der Waals surface area contributed by atoms with Gasteiger partial charge in [0.05, 0.1) is 12.3 Å². The molecule has 1 aliphatic heterocycles. The van der Waals surface area contributed by atoms with Crippen LogP contribution in [0.15, 0.2) is 52.0 Å². The molecule has 154 valence electrons. The highest BCUT2D eigenvalue weighted by Crippen LogP contribution is 2.20. The normalized spacial score (nSPS) is 17.2. The molecule has 1 saturated heterocycles. The van der Waals surface area contributed by atoms with Gasteiger partial charge in [0.25, 0.3) is 10.0 Å². The Kier molecular flexibility index (Phi) is 6.25. The van der Waals surface area contributed by atoms with Gasteiger partial charge in [-0.15, -0.1) is 0 Å². The van der Waals surface area contributed by atoms with Crippen molar-refractivity contribution in [2.45, 2.75) is 17.4 Å². The Balaban J connectivity index is 1.57. The Morgan fingerprint density at radius 3 is 2.18 bits per heavy atom. The Hall–Kier alpha value is -1.72. The van der Waals surface area contributed by atoms with Gasteiger partial charge in [-0.05, 0) is 17.7 Å². The fraction of sp³-hybridized carbons (Fsp3) is 0.444. The summed E-state index contributed by atoms with van der Waals surface area (Å²) >= 11 is 0. The highest BCUT2D eigenvalue weighted by molar-refractivity contribution is 7.89. The van der Waals surface area contributed by atoms with Crippen LogP contribution in [0, 0.1) is 0 Å². The summed E-state index contributed by atoms with van der Waals surface area (Å²) in [7, 11) is -4.05. The first-order valence-electron chi connectivity index (χ1n) is 8.94. The molecule has 0 atom stereocenters. The smallest absolute Gasteiger partial charge is 0.275 e. The molecule has 0 bridgehead atoms. The highest BCUT2D eigenvalue weighted by atomic mass is 32.2. The van der Waals surface area contributed by atoms with Crippen LogP contribution in [-0.4, -0.2) is 70.6 Å². The predicted octanol–water partition coefficient (Wildman–Crippen LogP) is 1.18. The molecule has 28 heavy (non-hydrogen) atoms. The van der Waals surface area contributed by atoms with E-state index < -0.39 is 20.0 Å². The Bertz CT molecular complexity index is 993. The van der Waals surface area contributed by atoms with Crippen molar-refractivity contribution in [3.63, 3.8) is 0 Å². The third kappa shape index (κ3) is 4.81. The quantitative estimate of drug-likeness (QED) is 0.659. The number of nitrogens with zero attached hydrogens (tertiary/aromatic N) is 3. The summed E-state index contributed by atoms with van der Waals surface area (Å²) in [5.74, 6) is 0.540. The second-order valence-corrected chi connectivity index (χ2v) is 11.0. The van der Waals surface area contributed by atoms with Gasteiger partial charge in [-0.3, -0.25) is 4.90 Å². The van der Waals surface area contributed by atoms with Gasteiger partial charge in [-0.1, -0.05) is 30.3 Å². The molecule has 8 nitrogen and oxygen atoms in total. The summed E-state index contributed by atoms with van der Waals surface area (Å²) in [5.41, 5.74) is 0.773. The number of benzene rings is 1. The van der Waals surface area contributed by atoms with Crippen molar-refractivity contribution in [1.82, 2.24) is 13.5 Å². The highest BCUT2D eigenvalue weighted by Gasteiger charge is 2.28. The molecule has 0 spiro atoms. The van der Waals surface area contributed by atoms with Crippen LogP contribution in [0.5, 0.6) is 0 Å². The van der Waals surface area contributed by atoms with E-state index in [2.05, 4.69) is 4.90 Å². The number of hydrogen-bond donors (Lipinski definition) is 0. The molecule has 0 unspecified atom stereocenters. The van der Waals surface area contributed by atoms with Crippen molar-refractivity contribution in [2.75, 3.05) is 40.3 Å². The van der Waals surface area contributed by atoms with Gasteiger partial charge in [-0.2, -0.15) is 4.31 Å². The fourth-order valence-corrected chi connectivity index (χ4v) is 5.35. The molecular weight excluding hydrogens is 402 g/mol. The van der Waals surface area contributed by atoms with E-state index in [1.54, 1.807) is 6.07 Å². The average Bonchev–Trinajstić information content (AvgIpc) is 3.12. The van der Waals surface area contributed by atoms with Crippen LogP contribution < -0.4 is 0 Å². The minimum Gasteiger partial charge on any atom is -0.447 e. The van der Waals surface area contributed by atoms with Crippen LogP contribution in [-0.2, 0) is 32.3 Å². The Labute approximate surface area is 166 Å². The number of sulfonamides is 2. The molecule has 1 aromatic carbocycles. The fourth-order valence-electron chi connectivity index (χ4n) is 3.02. The maximum Gasteiger partial charge on any atom is 0.275 e. The minimum absolute atomic E-state index is 0.00220. The molecule has 1 fully saturated rings. The SMILES string of the molecule is CN(C)S(=O)(=O)c1ccc(CN2CCN(S(=O)(=O)Cc3ccccc3)CC2)o1. The van der Waals surface area contributed by atoms with Gasteiger partial charge in [0.2, 0.25) is 15.1 Å². The van der Waals surface area contributed by atoms with E-state index in [9.17, 15) is 16.8 Å². The monoisotopic (exact) mass is 427 g/mol. The third-order valence-corrected chi connectivity index (χ3v) is 8.21. The van der Waals surface area contributed by atoms with Crippen LogP contribution in [0.1, 0.15) is 11.3 Å². The van der Waals surface area contributed by atoms with Gasteiger partial charge < -0.3 is 4.42 Å². The first-order chi connectivity index (χ1) is 13.2. The maximum atomic E-state index is 12.6. The van der Waals surface area contributed by atoms with Crippen LogP contribution in [0.2, 0.25) is 0 Å². The molecule has 3 rings (SSSR count). The lowest BCUT2D eigenvalue weighted by Gasteiger charge is -2.33. The summed E-state index contributed by atoms with van der Waals surface area (Å²) in [6.07, 6.45) is 0. The van der Waals surface area contributed by atoms with Crippen LogP contribution in [0.4, 0.5) is 0 Å². The van der Waals surface area contributed by atoms with Gasteiger partial charge in [0, 0.05) is 40.3 Å². The number of furan rings is 1. The van der Waals surface area contributed by atoms with E-state index in [-0.39, 0.29) is 10.8 Å². The molecule has 0 N–H and O–H groups in total. The summed E-state index contributed by atoms with van der Waals surface area (Å²) in [5, 5.41) is -0.0865. The van der Waals surface area contributed by atoms with Crippen LogP contribution >= 0.6 is 0 Å². The first kappa shape index (κ1) is 21.0. The molecule has 1 aromatic heterocycles.